The Balaban J connectivity index is 3.46. The van der Waals surface area contributed by atoms with Crippen molar-refractivity contribution in [2.45, 2.75) is 13.8 Å². The third kappa shape index (κ3) is 1.98. The van der Waals surface area contributed by atoms with Gasteiger partial charge in [-0.3, -0.25) is 14.9 Å². The number of nitrogens with zero attached hydrogens (tertiary/aromatic N) is 1. The maximum Gasteiger partial charge on any atom is 0.281 e. The lowest BCUT2D eigenvalue weighted by atomic mass is 10.1. The lowest BCUT2D eigenvalue weighted by molar-refractivity contribution is -0.385. The molecule has 0 N–H and O–H groups in total. The summed E-state index contributed by atoms with van der Waals surface area (Å²) in [7, 11) is 0. The monoisotopic (exact) mass is 257 g/mol. The van der Waals surface area contributed by atoms with Crippen LogP contribution in [0.1, 0.15) is 22.8 Å². The quantitative estimate of drug-likeness (QED) is 0.465. The van der Waals surface area contributed by atoms with Gasteiger partial charge in [0.1, 0.15) is 0 Å². The summed E-state index contributed by atoms with van der Waals surface area (Å²) in [5, 5.41) is 10.6. The number of carbonyl (C=O) groups excluding carboxylic acids is 1. The number of hydrogen-bond donors (Lipinski definition) is 0. The number of nitro groups is 1. The Morgan fingerprint density at radius 3 is 2.50 bits per heavy atom. The third-order valence-corrected chi connectivity index (χ3v) is 2.71. The Bertz CT molecular complexity index is 376. The molecule has 0 aliphatic heterocycles. The number of rotatable bonds is 2. The molecular weight excluding hydrogens is 250 g/mol. The fourth-order valence-corrected chi connectivity index (χ4v) is 1.44. The standard InChI is InChI=1S/C9H8BrNO3/c1-5-3-7(6(2)12)9(11(13)14)4-8(5)10/h3-4H,1-2H3. The number of ketones is 1. The van der Waals surface area contributed by atoms with Crippen LogP contribution in [-0.2, 0) is 0 Å². The molecule has 1 aromatic rings. The van der Waals surface area contributed by atoms with E-state index in [2.05, 4.69) is 15.9 Å². The highest BCUT2D eigenvalue weighted by Gasteiger charge is 2.18. The maximum atomic E-state index is 11.1. The van der Waals surface area contributed by atoms with Gasteiger partial charge in [-0.1, -0.05) is 15.9 Å². The van der Waals surface area contributed by atoms with Crippen LogP contribution < -0.4 is 0 Å². The number of hydrogen-bond acceptors (Lipinski definition) is 3. The highest BCUT2D eigenvalue weighted by Crippen LogP contribution is 2.27. The van der Waals surface area contributed by atoms with Crippen LogP contribution >= 0.6 is 15.9 Å². The number of halogens is 1. The van der Waals surface area contributed by atoms with Crippen LogP contribution in [0, 0.1) is 17.0 Å². The Morgan fingerprint density at radius 2 is 2.07 bits per heavy atom. The van der Waals surface area contributed by atoms with Gasteiger partial charge in [0.15, 0.2) is 5.78 Å². The number of carbonyl (C=O) groups is 1. The largest absolute Gasteiger partial charge is 0.294 e. The molecule has 0 saturated heterocycles. The highest BCUT2D eigenvalue weighted by molar-refractivity contribution is 9.10. The van der Waals surface area contributed by atoms with Gasteiger partial charge in [0, 0.05) is 10.5 Å². The van der Waals surface area contributed by atoms with E-state index in [9.17, 15) is 14.9 Å². The molecule has 1 aromatic carbocycles. The topological polar surface area (TPSA) is 60.2 Å². The van der Waals surface area contributed by atoms with Crippen LogP contribution in [0.25, 0.3) is 0 Å². The van der Waals surface area contributed by atoms with E-state index in [-0.39, 0.29) is 17.0 Å². The molecule has 0 saturated carbocycles. The van der Waals surface area contributed by atoms with E-state index in [4.69, 9.17) is 0 Å². The summed E-state index contributed by atoms with van der Waals surface area (Å²) in [5.41, 5.74) is 0.798. The second-order valence-corrected chi connectivity index (χ2v) is 3.79. The Labute approximate surface area is 89.2 Å². The van der Waals surface area contributed by atoms with Crippen molar-refractivity contribution in [2.24, 2.45) is 0 Å². The van der Waals surface area contributed by atoms with Crippen LogP contribution in [-0.4, -0.2) is 10.7 Å². The molecule has 0 aliphatic rings. The van der Waals surface area contributed by atoms with Crippen LogP contribution in [0.15, 0.2) is 16.6 Å². The SMILES string of the molecule is CC(=O)c1cc(C)c(Br)cc1[N+](=O)[O-]. The summed E-state index contributed by atoms with van der Waals surface area (Å²) in [6.07, 6.45) is 0. The van der Waals surface area contributed by atoms with E-state index in [1.54, 1.807) is 6.92 Å². The smallest absolute Gasteiger partial charge is 0.281 e. The summed E-state index contributed by atoms with van der Waals surface area (Å²) in [4.78, 5) is 21.2. The van der Waals surface area contributed by atoms with E-state index < -0.39 is 4.92 Å². The zero-order valence-electron chi connectivity index (χ0n) is 7.70. The van der Waals surface area contributed by atoms with Crippen LogP contribution in [0.4, 0.5) is 5.69 Å². The van der Waals surface area contributed by atoms with Crippen molar-refractivity contribution in [2.75, 3.05) is 0 Å². The molecule has 0 radical (unpaired) electrons. The fourth-order valence-electron chi connectivity index (χ4n) is 1.10. The predicted molar refractivity (Wildman–Crippen MR) is 55.5 cm³/mol. The molecule has 0 spiro atoms. The van der Waals surface area contributed by atoms with Crippen molar-refractivity contribution in [3.8, 4) is 0 Å². The molecule has 14 heavy (non-hydrogen) atoms. The van der Waals surface area contributed by atoms with Crippen LogP contribution in [0.5, 0.6) is 0 Å². The van der Waals surface area contributed by atoms with Crippen molar-refractivity contribution in [1.82, 2.24) is 0 Å². The van der Waals surface area contributed by atoms with Gasteiger partial charge in [-0.25, -0.2) is 0 Å². The first-order valence-electron chi connectivity index (χ1n) is 3.89. The minimum Gasteiger partial charge on any atom is -0.294 e. The normalized spacial score (nSPS) is 9.93. The Hall–Kier alpha value is -1.23. The van der Waals surface area contributed by atoms with Gasteiger partial charge in [0.25, 0.3) is 5.69 Å². The molecule has 0 fully saturated rings. The highest BCUT2D eigenvalue weighted by atomic mass is 79.9. The fraction of sp³-hybridized carbons (Fsp3) is 0.222. The van der Waals surface area contributed by atoms with E-state index in [0.29, 0.717) is 4.47 Å². The number of nitro benzene ring substituents is 1. The Morgan fingerprint density at radius 1 is 1.50 bits per heavy atom. The lowest BCUT2D eigenvalue weighted by Gasteiger charge is -2.02. The van der Waals surface area contributed by atoms with Crippen molar-refractivity contribution in [1.29, 1.82) is 0 Å². The Kier molecular flexibility index (Phi) is 3.00. The number of benzene rings is 1. The minimum atomic E-state index is -0.555. The third-order valence-electron chi connectivity index (χ3n) is 1.85. The molecule has 74 valence electrons. The summed E-state index contributed by atoms with van der Waals surface area (Å²) < 4.78 is 0.634. The first-order chi connectivity index (χ1) is 6.43. The second kappa shape index (κ2) is 3.88. The van der Waals surface area contributed by atoms with Crippen LogP contribution in [0.2, 0.25) is 0 Å². The van der Waals surface area contributed by atoms with Gasteiger partial charge in [0.05, 0.1) is 10.5 Å². The van der Waals surface area contributed by atoms with Crippen molar-refractivity contribution in [3.63, 3.8) is 0 Å². The second-order valence-electron chi connectivity index (χ2n) is 2.93. The average Bonchev–Trinajstić information content (AvgIpc) is 2.08. The van der Waals surface area contributed by atoms with Gasteiger partial charge in [-0.2, -0.15) is 0 Å². The molecule has 0 aliphatic carbocycles. The van der Waals surface area contributed by atoms with Gasteiger partial charge >= 0.3 is 0 Å². The minimum absolute atomic E-state index is 0.149. The first kappa shape index (κ1) is 10.8. The molecule has 0 aromatic heterocycles. The zero-order valence-corrected chi connectivity index (χ0v) is 9.29. The molecule has 0 atom stereocenters. The summed E-state index contributed by atoms with van der Waals surface area (Å²) in [6.45, 7) is 3.09. The van der Waals surface area contributed by atoms with Gasteiger partial charge in [0.2, 0.25) is 0 Å². The van der Waals surface area contributed by atoms with Crippen molar-refractivity contribution < 1.29 is 9.72 Å². The van der Waals surface area contributed by atoms with Crippen molar-refractivity contribution in [3.05, 3.63) is 37.8 Å². The lowest BCUT2D eigenvalue weighted by Crippen LogP contribution is -2.01. The molecule has 1 rings (SSSR count). The van der Waals surface area contributed by atoms with Gasteiger partial charge in [-0.05, 0) is 25.5 Å². The summed E-state index contributed by atoms with van der Waals surface area (Å²) in [5.74, 6) is -0.299. The predicted octanol–water partition coefficient (Wildman–Crippen LogP) is 2.87. The molecule has 0 bridgehead atoms. The zero-order chi connectivity index (χ0) is 10.9. The molecule has 0 heterocycles. The molecule has 0 amide bonds. The van der Waals surface area contributed by atoms with E-state index >= 15 is 0 Å². The molecule has 4 nitrogen and oxygen atoms in total. The molecular formula is C9H8BrNO3. The maximum absolute atomic E-state index is 11.1. The molecule has 5 heteroatoms. The number of Topliss-reactive ketones (excluding diaryl/α,β-unsaturated/α-hetero) is 1. The summed E-state index contributed by atoms with van der Waals surface area (Å²) >= 11 is 3.18. The van der Waals surface area contributed by atoms with Gasteiger partial charge < -0.3 is 0 Å². The van der Waals surface area contributed by atoms with Crippen LogP contribution in [0.3, 0.4) is 0 Å². The van der Waals surface area contributed by atoms with Gasteiger partial charge in [-0.15, -0.1) is 0 Å². The first-order valence-corrected chi connectivity index (χ1v) is 4.68. The summed E-state index contributed by atoms with van der Waals surface area (Å²) in [6, 6.07) is 2.87. The van der Waals surface area contributed by atoms with E-state index in [1.165, 1.54) is 19.1 Å². The van der Waals surface area contributed by atoms with E-state index in [1.807, 2.05) is 0 Å². The molecule has 0 unspecified atom stereocenters. The van der Waals surface area contributed by atoms with E-state index in [0.717, 1.165) is 5.56 Å². The average molecular weight is 258 g/mol. The van der Waals surface area contributed by atoms with Crippen molar-refractivity contribution >= 4 is 27.4 Å². The number of aryl methyl sites for hydroxylation is 1.